The van der Waals surface area contributed by atoms with E-state index < -0.39 is 5.97 Å². The molecule has 0 heterocycles. The van der Waals surface area contributed by atoms with Crippen molar-refractivity contribution < 1.29 is 14.3 Å². The number of hydrogen-bond donors (Lipinski definition) is 0. The van der Waals surface area contributed by atoms with Crippen LogP contribution in [0.2, 0.25) is 0 Å². The van der Waals surface area contributed by atoms with Crippen molar-refractivity contribution in [3.8, 4) is 0 Å². The Morgan fingerprint density at radius 2 is 1.86 bits per heavy atom. The lowest BCUT2D eigenvalue weighted by molar-refractivity contribution is -0.149. The van der Waals surface area contributed by atoms with Crippen molar-refractivity contribution in [2.45, 2.75) is 32.8 Å². The summed E-state index contributed by atoms with van der Waals surface area (Å²) in [5.41, 5.74) is 0.924. The van der Waals surface area contributed by atoms with E-state index in [-0.39, 0.29) is 19.1 Å². The van der Waals surface area contributed by atoms with Gasteiger partial charge in [0, 0.05) is 13.5 Å². The molecule has 0 aliphatic carbocycles. The molecule has 0 aliphatic rings. The summed E-state index contributed by atoms with van der Waals surface area (Å²) in [4.78, 5) is 25.8. The lowest BCUT2D eigenvalue weighted by Crippen LogP contribution is -2.33. The van der Waals surface area contributed by atoms with Crippen LogP contribution in [0.5, 0.6) is 0 Å². The summed E-state index contributed by atoms with van der Waals surface area (Å²) in [6.07, 6.45) is 1.73. The molecular formula is C16H21NO3S. The maximum atomic E-state index is 11.8. The van der Waals surface area contributed by atoms with Crippen molar-refractivity contribution in [2.24, 2.45) is 0 Å². The first-order valence-corrected chi connectivity index (χ1v) is 7.39. The summed E-state index contributed by atoms with van der Waals surface area (Å²) in [7, 11) is 1.60. The molecule has 114 valence electrons. The average molecular weight is 307 g/mol. The zero-order valence-electron chi connectivity index (χ0n) is 12.5. The Labute approximate surface area is 131 Å². The van der Waals surface area contributed by atoms with Crippen LogP contribution in [0.4, 0.5) is 0 Å². The topological polar surface area (TPSA) is 46.6 Å². The third kappa shape index (κ3) is 6.99. The summed E-state index contributed by atoms with van der Waals surface area (Å²) < 4.78 is 5.14. The molecule has 0 fully saturated rings. The number of carbonyl (C=O) groups is 2. The average Bonchev–Trinajstić information content (AvgIpc) is 2.51. The van der Waals surface area contributed by atoms with Gasteiger partial charge in [-0.1, -0.05) is 49.5 Å². The fourth-order valence-corrected chi connectivity index (χ4v) is 1.78. The molecule has 0 unspecified atom stereocenters. The van der Waals surface area contributed by atoms with Crippen LogP contribution in [0.15, 0.2) is 30.3 Å². The van der Waals surface area contributed by atoms with Crippen LogP contribution in [-0.2, 0) is 20.9 Å². The Morgan fingerprint density at radius 1 is 1.19 bits per heavy atom. The lowest BCUT2D eigenvalue weighted by Gasteiger charge is -2.16. The zero-order valence-corrected chi connectivity index (χ0v) is 13.3. The molecule has 1 rings (SSSR count). The number of esters is 1. The van der Waals surface area contributed by atoms with E-state index in [2.05, 4.69) is 0 Å². The molecule has 21 heavy (non-hydrogen) atoms. The highest BCUT2D eigenvalue weighted by Crippen LogP contribution is 2.03. The van der Waals surface area contributed by atoms with Crippen LogP contribution in [0, 0.1) is 0 Å². The van der Waals surface area contributed by atoms with Gasteiger partial charge in [-0.2, -0.15) is 0 Å². The predicted octanol–water partition coefficient (Wildman–Crippen LogP) is 2.75. The van der Waals surface area contributed by atoms with Crippen LogP contribution >= 0.6 is 12.2 Å². The SMILES string of the molecule is CCC(=S)CCC(=O)N(C)CC(=O)OCc1ccccc1. The lowest BCUT2D eigenvalue weighted by atomic mass is 10.2. The van der Waals surface area contributed by atoms with Gasteiger partial charge >= 0.3 is 5.97 Å². The number of ether oxygens (including phenoxy) is 1. The number of benzene rings is 1. The fourth-order valence-electron chi connectivity index (χ4n) is 1.68. The van der Waals surface area contributed by atoms with Gasteiger partial charge < -0.3 is 9.64 Å². The minimum Gasteiger partial charge on any atom is -0.459 e. The third-order valence-corrected chi connectivity index (χ3v) is 3.54. The van der Waals surface area contributed by atoms with E-state index in [0.29, 0.717) is 12.8 Å². The van der Waals surface area contributed by atoms with Gasteiger partial charge in [-0.15, -0.1) is 0 Å². The van der Waals surface area contributed by atoms with E-state index >= 15 is 0 Å². The molecule has 0 radical (unpaired) electrons. The number of hydrogen-bond acceptors (Lipinski definition) is 4. The second-order valence-corrected chi connectivity index (χ2v) is 5.37. The van der Waals surface area contributed by atoms with E-state index in [0.717, 1.165) is 16.8 Å². The molecule has 0 saturated carbocycles. The van der Waals surface area contributed by atoms with Crippen LogP contribution in [0.25, 0.3) is 0 Å². The number of nitrogens with zero attached hydrogens (tertiary/aromatic N) is 1. The minimum atomic E-state index is -0.409. The second kappa shape index (κ2) is 9.23. The highest BCUT2D eigenvalue weighted by Gasteiger charge is 2.14. The van der Waals surface area contributed by atoms with Crippen LogP contribution in [0.3, 0.4) is 0 Å². The molecule has 0 saturated heterocycles. The van der Waals surface area contributed by atoms with Crippen LogP contribution in [0.1, 0.15) is 31.7 Å². The Balaban J connectivity index is 2.29. The van der Waals surface area contributed by atoms with Crippen LogP contribution in [-0.4, -0.2) is 35.2 Å². The van der Waals surface area contributed by atoms with Gasteiger partial charge in [-0.3, -0.25) is 9.59 Å². The fraction of sp³-hybridized carbons (Fsp3) is 0.438. The standard InChI is InChI=1S/C16H21NO3S/c1-3-14(21)9-10-15(18)17(2)11-16(19)20-12-13-7-5-4-6-8-13/h4-8H,3,9-12H2,1-2H3. The van der Waals surface area contributed by atoms with Gasteiger partial charge in [0.05, 0.1) is 0 Å². The van der Waals surface area contributed by atoms with Gasteiger partial charge in [0.1, 0.15) is 13.2 Å². The van der Waals surface area contributed by atoms with E-state index in [1.807, 2.05) is 37.3 Å². The molecule has 0 spiro atoms. The molecule has 0 aliphatic heterocycles. The Hall–Kier alpha value is -1.75. The molecule has 0 N–H and O–H groups in total. The van der Waals surface area contributed by atoms with Crippen molar-refractivity contribution in [1.82, 2.24) is 4.90 Å². The number of likely N-dealkylation sites (N-methyl/N-ethyl adjacent to an activating group) is 1. The zero-order chi connectivity index (χ0) is 15.7. The first kappa shape index (κ1) is 17.3. The molecule has 1 amide bonds. The summed E-state index contributed by atoms with van der Waals surface area (Å²) in [5.74, 6) is -0.504. The van der Waals surface area contributed by atoms with Crippen molar-refractivity contribution in [2.75, 3.05) is 13.6 Å². The molecule has 0 aromatic heterocycles. The second-order valence-electron chi connectivity index (χ2n) is 4.79. The summed E-state index contributed by atoms with van der Waals surface area (Å²) in [6, 6.07) is 9.44. The minimum absolute atomic E-state index is 0.0371. The normalized spacial score (nSPS) is 10.0. The highest BCUT2D eigenvalue weighted by molar-refractivity contribution is 7.80. The highest BCUT2D eigenvalue weighted by atomic mass is 32.1. The third-order valence-electron chi connectivity index (χ3n) is 3.05. The maximum Gasteiger partial charge on any atom is 0.325 e. The Bertz CT molecular complexity index is 488. The number of carbonyl (C=O) groups excluding carboxylic acids is 2. The monoisotopic (exact) mass is 307 g/mol. The van der Waals surface area contributed by atoms with Gasteiger partial charge in [0.15, 0.2) is 0 Å². The van der Waals surface area contributed by atoms with Crippen molar-refractivity contribution in [1.29, 1.82) is 0 Å². The number of rotatable bonds is 8. The number of amides is 1. The Kier molecular flexibility index (Phi) is 7.61. The van der Waals surface area contributed by atoms with E-state index in [4.69, 9.17) is 17.0 Å². The molecule has 1 aromatic rings. The van der Waals surface area contributed by atoms with Gasteiger partial charge in [-0.25, -0.2) is 0 Å². The first-order valence-electron chi connectivity index (χ1n) is 6.98. The largest absolute Gasteiger partial charge is 0.459 e. The predicted molar refractivity (Wildman–Crippen MR) is 86.0 cm³/mol. The summed E-state index contributed by atoms with van der Waals surface area (Å²) >= 11 is 5.08. The smallest absolute Gasteiger partial charge is 0.325 e. The van der Waals surface area contributed by atoms with Crippen LogP contribution < -0.4 is 0 Å². The van der Waals surface area contributed by atoms with Crippen molar-refractivity contribution >= 4 is 29.0 Å². The molecule has 1 aromatic carbocycles. The Morgan fingerprint density at radius 3 is 2.48 bits per heavy atom. The summed E-state index contributed by atoms with van der Waals surface area (Å²) in [5, 5.41) is 0. The summed E-state index contributed by atoms with van der Waals surface area (Å²) in [6.45, 7) is 2.16. The van der Waals surface area contributed by atoms with Gasteiger partial charge in [0.25, 0.3) is 0 Å². The molecular weight excluding hydrogens is 286 g/mol. The van der Waals surface area contributed by atoms with Gasteiger partial charge in [0.2, 0.25) is 5.91 Å². The first-order chi connectivity index (χ1) is 10.0. The molecule has 0 bridgehead atoms. The maximum absolute atomic E-state index is 11.8. The molecule has 0 atom stereocenters. The van der Waals surface area contributed by atoms with Crippen molar-refractivity contribution in [3.05, 3.63) is 35.9 Å². The quantitative estimate of drug-likeness (QED) is 0.547. The van der Waals surface area contributed by atoms with E-state index in [1.165, 1.54) is 4.90 Å². The van der Waals surface area contributed by atoms with Crippen molar-refractivity contribution in [3.63, 3.8) is 0 Å². The molecule has 5 heteroatoms. The van der Waals surface area contributed by atoms with E-state index in [9.17, 15) is 9.59 Å². The number of thiocarbonyl (C=S) groups is 1. The van der Waals surface area contributed by atoms with Gasteiger partial charge in [-0.05, 0) is 23.3 Å². The van der Waals surface area contributed by atoms with E-state index in [1.54, 1.807) is 7.05 Å². The molecule has 4 nitrogen and oxygen atoms in total.